The number of carbonyl (C=O) groups excluding carboxylic acids is 2. The van der Waals surface area contributed by atoms with Gasteiger partial charge in [-0.05, 0) is 25.5 Å². The Bertz CT molecular complexity index is 456. The third kappa shape index (κ3) is 2.79. The van der Waals surface area contributed by atoms with Gasteiger partial charge in [0, 0.05) is 18.0 Å². The van der Waals surface area contributed by atoms with Crippen LogP contribution in [-0.2, 0) is 11.2 Å². The first-order valence-electron chi connectivity index (χ1n) is 6.25. The van der Waals surface area contributed by atoms with E-state index in [1.54, 1.807) is 11.3 Å². The van der Waals surface area contributed by atoms with Gasteiger partial charge < -0.3 is 5.32 Å². The number of nitrogens with one attached hydrogen (secondary N) is 1. The van der Waals surface area contributed by atoms with Crippen molar-refractivity contribution >= 4 is 23.0 Å². The van der Waals surface area contributed by atoms with Crippen molar-refractivity contribution in [2.75, 3.05) is 19.6 Å². The van der Waals surface area contributed by atoms with E-state index in [1.807, 2.05) is 24.0 Å². The molecule has 1 aliphatic heterocycles. The van der Waals surface area contributed by atoms with Crippen LogP contribution in [0, 0.1) is 0 Å². The van der Waals surface area contributed by atoms with Crippen LogP contribution in [0.5, 0.6) is 0 Å². The normalized spacial score (nSPS) is 20.8. The zero-order valence-corrected chi connectivity index (χ0v) is 11.5. The first-order valence-corrected chi connectivity index (χ1v) is 7.07. The molecular weight excluding hydrogens is 248 g/mol. The van der Waals surface area contributed by atoms with Crippen molar-refractivity contribution in [2.45, 2.75) is 26.3 Å². The maximum absolute atomic E-state index is 12.1. The Morgan fingerprint density at radius 3 is 3.00 bits per heavy atom. The van der Waals surface area contributed by atoms with Crippen LogP contribution in [-0.4, -0.2) is 42.3 Å². The van der Waals surface area contributed by atoms with Gasteiger partial charge in [0.2, 0.25) is 5.91 Å². The summed E-state index contributed by atoms with van der Waals surface area (Å²) in [4.78, 5) is 27.6. The number of piperazine rings is 1. The standard InChI is InChI=1S/C13H18N2O2S/c1-3-10-4-5-12(18-10)11(16)8-15-7-6-14-13(17)9(15)2/h4-5,9H,3,6-8H2,1-2H3,(H,14,17). The summed E-state index contributed by atoms with van der Waals surface area (Å²) in [5.41, 5.74) is 0. The summed E-state index contributed by atoms with van der Waals surface area (Å²) in [6.07, 6.45) is 0.959. The maximum Gasteiger partial charge on any atom is 0.237 e. The van der Waals surface area contributed by atoms with Crippen molar-refractivity contribution in [3.63, 3.8) is 0 Å². The summed E-state index contributed by atoms with van der Waals surface area (Å²) in [6.45, 7) is 5.62. The molecule has 1 N–H and O–H groups in total. The second-order valence-electron chi connectivity index (χ2n) is 4.48. The van der Waals surface area contributed by atoms with E-state index in [9.17, 15) is 9.59 Å². The quantitative estimate of drug-likeness (QED) is 0.836. The smallest absolute Gasteiger partial charge is 0.237 e. The van der Waals surface area contributed by atoms with E-state index < -0.39 is 0 Å². The molecule has 1 atom stereocenters. The van der Waals surface area contributed by atoms with E-state index in [0.29, 0.717) is 13.1 Å². The zero-order chi connectivity index (χ0) is 13.1. The van der Waals surface area contributed by atoms with Crippen LogP contribution in [0.15, 0.2) is 12.1 Å². The van der Waals surface area contributed by atoms with Crippen molar-refractivity contribution in [1.29, 1.82) is 0 Å². The van der Waals surface area contributed by atoms with Gasteiger partial charge in [0.1, 0.15) is 0 Å². The third-order valence-corrected chi connectivity index (χ3v) is 4.53. The van der Waals surface area contributed by atoms with Crippen LogP contribution in [0.2, 0.25) is 0 Å². The average molecular weight is 266 g/mol. The van der Waals surface area contributed by atoms with Crippen LogP contribution in [0.1, 0.15) is 28.4 Å². The lowest BCUT2D eigenvalue weighted by Gasteiger charge is -2.31. The number of rotatable bonds is 4. The van der Waals surface area contributed by atoms with Gasteiger partial charge in [-0.2, -0.15) is 0 Å². The first kappa shape index (κ1) is 13.2. The Morgan fingerprint density at radius 2 is 2.33 bits per heavy atom. The Kier molecular flexibility index (Phi) is 4.14. The van der Waals surface area contributed by atoms with Gasteiger partial charge in [-0.15, -0.1) is 11.3 Å². The summed E-state index contributed by atoms with van der Waals surface area (Å²) in [7, 11) is 0. The topological polar surface area (TPSA) is 49.4 Å². The first-order chi connectivity index (χ1) is 8.61. The summed E-state index contributed by atoms with van der Waals surface area (Å²) in [5.74, 6) is 0.121. The highest BCUT2D eigenvalue weighted by molar-refractivity contribution is 7.14. The molecule has 2 rings (SSSR count). The number of Topliss-reactive ketones (excluding diaryl/α,β-unsaturated/α-hetero) is 1. The molecule has 1 saturated heterocycles. The van der Waals surface area contributed by atoms with Crippen LogP contribution in [0.25, 0.3) is 0 Å². The number of hydrogen-bond donors (Lipinski definition) is 1. The van der Waals surface area contributed by atoms with Crippen LogP contribution in [0.4, 0.5) is 0 Å². The van der Waals surface area contributed by atoms with Gasteiger partial charge in [-0.3, -0.25) is 14.5 Å². The number of thiophene rings is 1. The number of nitrogens with zero attached hydrogens (tertiary/aromatic N) is 1. The zero-order valence-electron chi connectivity index (χ0n) is 10.7. The maximum atomic E-state index is 12.1. The van der Waals surface area contributed by atoms with E-state index in [2.05, 4.69) is 12.2 Å². The summed E-state index contributed by atoms with van der Waals surface area (Å²) in [5, 5.41) is 2.80. The van der Waals surface area contributed by atoms with Gasteiger partial charge >= 0.3 is 0 Å². The highest BCUT2D eigenvalue weighted by Crippen LogP contribution is 2.18. The number of aryl methyl sites for hydroxylation is 1. The fourth-order valence-corrected chi connectivity index (χ4v) is 2.90. The fraction of sp³-hybridized carbons (Fsp3) is 0.538. The number of hydrogen-bond acceptors (Lipinski definition) is 4. The number of ketones is 1. The lowest BCUT2D eigenvalue weighted by Crippen LogP contribution is -2.54. The molecule has 0 radical (unpaired) electrons. The predicted octanol–water partition coefficient (Wildman–Crippen LogP) is 1.31. The molecule has 1 aromatic heterocycles. The number of amides is 1. The highest BCUT2D eigenvalue weighted by Gasteiger charge is 2.27. The molecule has 98 valence electrons. The molecule has 0 spiro atoms. The van der Waals surface area contributed by atoms with Crippen molar-refractivity contribution in [3.05, 3.63) is 21.9 Å². The third-order valence-electron chi connectivity index (χ3n) is 3.26. The molecule has 1 amide bonds. The van der Waals surface area contributed by atoms with Gasteiger partial charge in [0.05, 0.1) is 17.5 Å². The van der Waals surface area contributed by atoms with Crippen LogP contribution in [0.3, 0.4) is 0 Å². The molecule has 0 aromatic carbocycles. The Balaban J connectivity index is 2.00. The molecule has 4 nitrogen and oxygen atoms in total. The lowest BCUT2D eigenvalue weighted by molar-refractivity contribution is -0.127. The minimum absolute atomic E-state index is 0.00877. The Labute approximate surface area is 111 Å². The largest absolute Gasteiger partial charge is 0.353 e. The fourth-order valence-electron chi connectivity index (χ4n) is 2.03. The van der Waals surface area contributed by atoms with Crippen molar-refractivity contribution in [2.24, 2.45) is 0 Å². The minimum Gasteiger partial charge on any atom is -0.353 e. The molecule has 5 heteroatoms. The van der Waals surface area contributed by atoms with E-state index in [-0.39, 0.29) is 17.7 Å². The lowest BCUT2D eigenvalue weighted by atomic mass is 10.2. The summed E-state index contributed by atoms with van der Waals surface area (Å²) in [6, 6.07) is 3.68. The van der Waals surface area contributed by atoms with Crippen LogP contribution < -0.4 is 5.32 Å². The summed E-state index contributed by atoms with van der Waals surface area (Å²) >= 11 is 1.55. The average Bonchev–Trinajstić information content (AvgIpc) is 2.83. The Morgan fingerprint density at radius 1 is 1.56 bits per heavy atom. The molecule has 2 heterocycles. The second kappa shape index (κ2) is 5.63. The van der Waals surface area contributed by atoms with Crippen LogP contribution >= 0.6 is 11.3 Å². The van der Waals surface area contributed by atoms with E-state index in [1.165, 1.54) is 4.88 Å². The van der Waals surface area contributed by atoms with E-state index >= 15 is 0 Å². The minimum atomic E-state index is -0.215. The Hall–Kier alpha value is -1.20. The molecule has 1 aromatic rings. The molecule has 18 heavy (non-hydrogen) atoms. The monoisotopic (exact) mass is 266 g/mol. The molecule has 1 fully saturated rings. The second-order valence-corrected chi connectivity index (χ2v) is 5.65. The van der Waals surface area contributed by atoms with E-state index in [0.717, 1.165) is 17.8 Å². The van der Waals surface area contributed by atoms with E-state index in [4.69, 9.17) is 0 Å². The SMILES string of the molecule is CCc1ccc(C(=O)CN2CCNC(=O)C2C)s1. The molecule has 1 aliphatic rings. The van der Waals surface area contributed by atoms with Crippen molar-refractivity contribution in [3.8, 4) is 0 Å². The molecular formula is C13H18N2O2S. The van der Waals surface area contributed by atoms with Gasteiger partial charge in [0.25, 0.3) is 0 Å². The molecule has 0 aliphatic carbocycles. The number of carbonyl (C=O) groups is 2. The highest BCUT2D eigenvalue weighted by atomic mass is 32.1. The van der Waals surface area contributed by atoms with Gasteiger partial charge in [-0.1, -0.05) is 6.92 Å². The van der Waals surface area contributed by atoms with Gasteiger partial charge in [-0.25, -0.2) is 0 Å². The summed E-state index contributed by atoms with van der Waals surface area (Å²) < 4.78 is 0. The van der Waals surface area contributed by atoms with Crippen molar-refractivity contribution < 1.29 is 9.59 Å². The molecule has 1 unspecified atom stereocenters. The molecule has 0 bridgehead atoms. The molecule has 0 saturated carbocycles. The van der Waals surface area contributed by atoms with Gasteiger partial charge in [0.15, 0.2) is 5.78 Å². The predicted molar refractivity (Wildman–Crippen MR) is 72.1 cm³/mol. The van der Waals surface area contributed by atoms with Crippen molar-refractivity contribution in [1.82, 2.24) is 10.2 Å².